The number of hydrogen-bond donors (Lipinski definition) is 0. The van der Waals surface area contributed by atoms with Gasteiger partial charge in [0, 0.05) is 17.7 Å². The average molecular weight is 354 g/mol. The largest absolute Gasteiger partial charge is 0.494 e. The van der Waals surface area contributed by atoms with Crippen molar-refractivity contribution in [3.8, 4) is 11.4 Å². The van der Waals surface area contributed by atoms with Crippen LogP contribution in [0.5, 0.6) is 5.75 Å². The molecule has 1 unspecified atom stereocenters. The predicted molar refractivity (Wildman–Crippen MR) is 105 cm³/mol. The van der Waals surface area contributed by atoms with Gasteiger partial charge in [-0.1, -0.05) is 33.1 Å². The van der Waals surface area contributed by atoms with Crippen molar-refractivity contribution in [2.24, 2.45) is 0 Å². The number of unbranched alkanes of at least 4 members (excludes halogenated alkanes) is 2. The first-order chi connectivity index (χ1) is 12.6. The maximum absolute atomic E-state index is 13.7. The minimum Gasteiger partial charge on any atom is -0.494 e. The molecule has 1 heterocycles. The summed E-state index contributed by atoms with van der Waals surface area (Å²) in [6.07, 6.45) is 4.69. The molecule has 1 aromatic heterocycles. The maximum Gasteiger partial charge on any atom is 0.125 e. The lowest BCUT2D eigenvalue weighted by molar-refractivity contribution is 0.340. The van der Waals surface area contributed by atoms with Gasteiger partial charge in [0.15, 0.2) is 0 Å². The molecule has 0 fully saturated rings. The van der Waals surface area contributed by atoms with E-state index in [1.54, 1.807) is 0 Å². The SMILES string of the molecule is CCCCCC(C)c1nc2cc(F)ccc2n1-c1ccc(OCC)cc1. The number of imidazole rings is 1. The Morgan fingerprint density at radius 1 is 1.08 bits per heavy atom. The fraction of sp³-hybridized carbons (Fsp3) is 0.409. The zero-order valence-electron chi connectivity index (χ0n) is 15.8. The summed E-state index contributed by atoms with van der Waals surface area (Å²) >= 11 is 0. The molecule has 0 saturated heterocycles. The molecule has 3 rings (SSSR count). The van der Waals surface area contributed by atoms with E-state index in [9.17, 15) is 4.39 Å². The number of hydrogen-bond acceptors (Lipinski definition) is 2. The third-order valence-corrected chi connectivity index (χ3v) is 4.73. The van der Waals surface area contributed by atoms with Crippen LogP contribution in [0.4, 0.5) is 4.39 Å². The van der Waals surface area contributed by atoms with Gasteiger partial charge < -0.3 is 4.74 Å². The first kappa shape index (κ1) is 18.4. The Kier molecular flexibility index (Phi) is 5.92. The van der Waals surface area contributed by atoms with E-state index >= 15 is 0 Å². The lowest BCUT2D eigenvalue weighted by atomic mass is 10.0. The minimum atomic E-state index is -0.251. The minimum absolute atomic E-state index is 0.251. The molecule has 3 aromatic rings. The predicted octanol–water partition coefficient (Wildman–Crippen LogP) is 6.25. The summed E-state index contributed by atoms with van der Waals surface area (Å²) in [7, 11) is 0. The van der Waals surface area contributed by atoms with Gasteiger partial charge in [0.25, 0.3) is 0 Å². The summed E-state index contributed by atoms with van der Waals surface area (Å²) < 4.78 is 21.4. The summed E-state index contributed by atoms with van der Waals surface area (Å²) in [6, 6.07) is 12.9. The van der Waals surface area contributed by atoms with Crippen molar-refractivity contribution in [1.82, 2.24) is 9.55 Å². The van der Waals surface area contributed by atoms with Crippen LogP contribution in [0.25, 0.3) is 16.7 Å². The Balaban J connectivity index is 2.04. The molecule has 2 aromatic carbocycles. The van der Waals surface area contributed by atoms with Crippen molar-refractivity contribution in [3.05, 3.63) is 54.1 Å². The van der Waals surface area contributed by atoms with Crippen LogP contribution in [0, 0.1) is 5.82 Å². The fourth-order valence-electron chi connectivity index (χ4n) is 3.36. The topological polar surface area (TPSA) is 27.1 Å². The monoisotopic (exact) mass is 354 g/mol. The van der Waals surface area contributed by atoms with Crippen LogP contribution in [0.3, 0.4) is 0 Å². The molecule has 26 heavy (non-hydrogen) atoms. The third kappa shape index (κ3) is 3.90. The van der Waals surface area contributed by atoms with Gasteiger partial charge in [-0.25, -0.2) is 9.37 Å². The highest BCUT2D eigenvalue weighted by atomic mass is 19.1. The second kappa shape index (κ2) is 8.35. The van der Waals surface area contributed by atoms with Gasteiger partial charge in [0.2, 0.25) is 0 Å². The standard InChI is InChI=1S/C22H27FN2O/c1-4-6-7-8-16(3)22-24-20-15-17(23)9-14-21(20)25(22)18-10-12-19(13-11-18)26-5-2/h9-16H,4-8H2,1-3H3. The van der Waals surface area contributed by atoms with Crippen LogP contribution < -0.4 is 4.74 Å². The van der Waals surface area contributed by atoms with E-state index < -0.39 is 0 Å². The maximum atomic E-state index is 13.7. The number of halogens is 1. The van der Waals surface area contributed by atoms with Crippen molar-refractivity contribution >= 4 is 11.0 Å². The highest BCUT2D eigenvalue weighted by molar-refractivity contribution is 5.78. The van der Waals surface area contributed by atoms with Crippen LogP contribution in [0.15, 0.2) is 42.5 Å². The van der Waals surface area contributed by atoms with Crippen molar-refractivity contribution < 1.29 is 9.13 Å². The molecular formula is C22H27FN2O. The van der Waals surface area contributed by atoms with Crippen LogP contribution in [0.2, 0.25) is 0 Å². The number of nitrogens with zero attached hydrogens (tertiary/aromatic N) is 2. The lowest BCUT2D eigenvalue weighted by Crippen LogP contribution is -2.06. The molecule has 0 spiro atoms. The Hall–Kier alpha value is -2.36. The molecule has 0 bridgehead atoms. The molecule has 1 atom stereocenters. The first-order valence-electron chi connectivity index (χ1n) is 9.55. The Morgan fingerprint density at radius 3 is 2.54 bits per heavy atom. The van der Waals surface area contributed by atoms with E-state index in [4.69, 9.17) is 9.72 Å². The molecule has 0 aliphatic heterocycles. The van der Waals surface area contributed by atoms with E-state index in [0.717, 1.165) is 29.2 Å². The molecular weight excluding hydrogens is 327 g/mol. The molecule has 138 valence electrons. The molecule has 0 saturated carbocycles. The molecule has 0 amide bonds. The van der Waals surface area contributed by atoms with E-state index in [1.807, 2.05) is 37.3 Å². The number of aromatic nitrogens is 2. The highest BCUT2D eigenvalue weighted by Gasteiger charge is 2.18. The fourth-order valence-corrected chi connectivity index (χ4v) is 3.36. The third-order valence-electron chi connectivity index (χ3n) is 4.73. The van der Waals surface area contributed by atoms with Gasteiger partial charge in [-0.05, 0) is 49.7 Å². The molecule has 4 heteroatoms. The molecule has 3 nitrogen and oxygen atoms in total. The lowest BCUT2D eigenvalue weighted by Gasteiger charge is -2.15. The van der Waals surface area contributed by atoms with Gasteiger partial charge >= 0.3 is 0 Å². The van der Waals surface area contributed by atoms with Crippen LogP contribution in [-0.4, -0.2) is 16.2 Å². The highest BCUT2D eigenvalue weighted by Crippen LogP contribution is 2.30. The van der Waals surface area contributed by atoms with Gasteiger partial charge in [0.05, 0.1) is 17.6 Å². The van der Waals surface area contributed by atoms with Gasteiger partial charge in [-0.3, -0.25) is 4.57 Å². The zero-order valence-corrected chi connectivity index (χ0v) is 15.8. The van der Waals surface area contributed by atoms with E-state index in [2.05, 4.69) is 18.4 Å². The van der Waals surface area contributed by atoms with Crippen molar-refractivity contribution in [2.45, 2.75) is 52.4 Å². The van der Waals surface area contributed by atoms with Crippen molar-refractivity contribution in [2.75, 3.05) is 6.61 Å². The van der Waals surface area contributed by atoms with Gasteiger partial charge in [-0.15, -0.1) is 0 Å². The Bertz CT molecular complexity index is 854. The Morgan fingerprint density at radius 2 is 1.85 bits per heavy atom. The van der Waals surface area contributed by atoms with Gasteiger partial charge in [0.1, 0.15) is 17.4 Å². The summed E-state index contributed by atoms with van der Waals surface area (Å²) in [5.74, 6) is 1.90. The number of fused-ring (bicyclic) bond motifs is 1. The first-order valence-corrected chi connectivity index (χ1v) is 9.55. The van der Waals surface area contributed by atoms with Crippen molar-refractivity contribution in [1.29, 1.82) is 0 Å². The second-order valence-electron chi connectivity index (χ2n) is 6.76. The summed E-state index contributed by atoms with van der Waals surface area (Å²) in [4.78, 5) is 4.78. The smallest absolute Gasteiger partial charge is 0.125 e. The summed E-state index contributed by atoms with van der Waals surface area (Å²) in [5, 5.41) is 0. The average Bonchev–Trinajstić information content (AvgIpc) is 3.01. The second-order valence-corrected chi connectivity index (χ2v) is 6.76. The number of benzene rings is 2. The zero-order chi connectivity index (χ0) is 18.5. The number of rotatable bonds is 8. The molecule has 0 aliphatic rings. The summed E-state index contributed by atoms with van der Waals surface area (Å²) in [6.45, 7) is 7.04. The molecule has 0 aliphatic carbocycles. The van der Waals surface area contributed by atoms with Crippen LogP contribution >= 0.6 is 0 Å². The Labute approximate surface area is 154 Å². The molecule has 0 N–H and O–H groups in total. The normalized spacial score (nSPS) is 12.5. The van der Waals surface area contributed by atoms with Gasteiger partial charge in [-0.2, -0.15) is 0 Å². The molecule has 0 radical (unpaired) electrons. The van der Waals surface area contributed by atoms with Crippen molar-refractivity contribution in [3.63, 3.8) is 0 Å². The van der Waals surface area contributed by atoms with E-state index in [1.165, 1.54) is 31.4 Å². The quantitative estimate of drug-likeness (QED) is 0.447. The van der Waals surface area contributed by atoms with Crippen LogP contribution in [-0.2, 0) is 0 Å². The van der Waals surface area contributed by atoms with E-state index in [-0.39, 0.29) is 5.82 Å². The van der Waals surface area contributed by atoms with E-state index in [0.29, 0.717) is 18.0 Å². The number of ether oxygens (including phenoxy) is 1. The van der Waals surface area contributed by atoms with Crippen LogP contribution in [0.1, 0.15) is 58.2 Å². The summed E-state index contributed by atoms with van der Waals surface area (Å²) in [5.41, 5.74) is 2.67.